The summed E-state index contributed by atoms with van der Waals surface area (Å²) in [5.41, 5.74) is -0.837. The Balaban J connectivity index is 1.63. The first-order chi connectivity index (χ1) is 14.2. The number of hydrogen-bond donors (Lipinski definition) is 1. The number of likely N-dealkylation sites (tertiary alicyclic amines) is 1. The molecule has 1 aliphatic rings. The summed E-state index contributed by atoms with van der Waals surface area (Å²) in [6, 6.07) is 8.56. The number of aromatic nitrogens is 2. The third-order valence-corrected chi connectivity index (χ3v) is 5.25. The van der Waals surface area contributed by atoms with Crippen molar-refractivity contribution in [1.82, 2.24) is 14.9 Å². The van der Waals surface area contributed by atoms with Crippen LogP contribution in [0.4, 0.5) is 17.6 Å². The number of hydrogen-bond acceptors (Lipinski definition) is 3. The molecule has 0 saturated carbocycles. The number of piperidine rings is 1. The van der Waals surface area contributed by atoms with Crippen LogP contribution in [0.1, 0.15) is 40.5 Å². The number of carbonyl (C=O) groups is 1. The Morgan fingerprint density at radius 1 is 1.13 bits per heavy atom. The number of alkyl halides is 3. The standard InChI is InChI=1S/C21H17F4N3O2/c22-14-5-3-12(4-6-14)20(30)28-9-1-2-13(11-28)16-10-17-15(19(29)27-16)7-8-18(26-17)21(23,24)25/h3-8,10,13H,1-2,9,11H2,(H,27,29). The molecule has 1 unspecified atom stereocenters. The molecule has 1 N–H and O–H groups in total. The molecule has 156 valence electrons. The molecule has 4 rings (SSSR count). The number of amides is 1. The molecule has 30 heavy (non-hydrogen) atoms. The van der Waals surface area contributed by atoms with Crippen molar-refractivity contribution in [1.29, 1.82) is 0 Å². The molecule has 1 aromatic carbocycles. The van der Waals surface area contributed by atoms with Gasteiger partial charge in [-0.1, -0.05) is 0 Å². The maximum Gasteiger partial charge on any atom is 0.433 e. The van der Waals surface area contributed by atoms with E-state index in [2.05, 4.69) is 9.97 Å². The van der Waals surface area contributed by atoms with E-state index >= 15 is 0 Å². The lowest BCUT2D eigenvalue weighted by atomic mass is 9.93. The van der Waals surface area contributed by atoms with Gasteiger partial charge in [0.15, 0.2) is 0 Å². The van der Waals surface area contributed by atoms with Crippen LogP contribution in [0.3, 0.4) is 0 Å². The molecule has 3 heterocycles. The number of nitrogens with zero attached hydrogens (tertiary/aromatic N) is 2. The second-order valence-corrected chi connectivity index (χ2v) is 7.28. The van der Waals surface area contributed by atoms with E-state index in [1.54, 1.807) is 4.90 Å². The highest BCUT2D eigenvalue weighted by molar-refractivity contribution is 5.94. The SMILES string of the molecule is O=C(c1ccc(F)cc1)N1CCCC(c2cc3nc(C(F)(F)F)ccc3c(=O)[nH]2)C1. The maximum atomic E-state index is 13.1. The molecule has 1 saturated heterocycles. The number of benzene rings is 1. The maximum absolute atomic E-state index is 13.1. The number of carbonyl (C=O) groups excluding carboxylic acids is 1. The van der Waals surface area contributed by atoms with E-state index in [1.165, 1.54) is 30.3 Å². The van der Waals surface area contributed by atoms with Gasteiger partial charge in [-0.25, -0.2) is 9.37 Å². The third-order valence-electron chi connectivity index (χ3n) is 5.25. The highest BCUT2D eigenvalue weighted by atomic mass is 19.4. The van der Waals surface area contributed by atoms with Gasteiger partial charge in [-0.2, -0.15) is 13.2 Å². The van der Waals surface area contributed by atoms with Crippen molar-refractivity contribution in [2.75, 3.05) is 13.1 Å². The summed E-state index contributed by atoms with van der Waals surface area (Å²) >= 11 is 0. The first kappa shape index (κ1) is 20.1. The van der Waals surface area contributed by atoms with Crippen LogP contribution < -0.4 is 5.56 Å². The summed E-state index contributed by atoms with van der Waals surface area (Å²) in [4.78, 5) is 33.0. The number of pyridine rings is 2. The lowest BCUT2D eigenvalue weighted by Gasteiger charge is -2.33. The van der Waals surface area contributed by atoms with Crippen LogP contribution in [0.15, 0.2) is 47.3 Å². The van der Waals surface area contributed by atoms with Crippen LogP contribution in [0.25, 0.3) is 10.9 Å². The van der Waals surface area contributed by atoms with Crippen LogP contribution in [-0.2, 0) is 6.18 Å². The molecule has 1 amide bonds. The Labute approximate surface area is 168 Å². The van der Waals surface area contributed by atoms with Crippen LogP contribution >= 0.6 is 0 Å². The Morgan fingerprint density at radius 2 is 1.87 bits per heavy atom. The Kier molecular flexibility index (Phi) is 5.05. The summed E-state index contributed by atoms with van der Waals surface area (Å²) < 4.78 is 52.1. The molecule has 3 aromatic rings. The molecule has 1 fully saturated rings. The molecule has 1 aliphatic heterocycles. The summed E-state index contributed by atoms with van der Waals surface area (Å²) in [7, 11) is 0. The topological polar surface area (TPSA) is 66.1 Å². The van der Waals surface area contributed by atoms with Gasteiger partial charge < -0.3 is 9.88 Å². The van der Waals surface area contributed by atoms with Crippen molar-refractivity contribution in [3.63, 3.8) is 0 Å². The monoisotopic (exact) mass is 419 g/mol. The smallest absolute Gasteiger partial charge is 0.338 e. The van der Waals surface area contributed by atoms with Crippen molar-refractivity contribution in [2.45, 2.75) is 24.9 Å². The molecule has 1 atom stereocenters. The van der Waals surface area contributed by atoms with Crippen molar-refractivity contribution in [3.8, 4) is 0 Å². The summed E-state index contributed by atoms with van der Waals surface area (Å²) in [6.45, 7) is 0.789. The van der Waals surface area contributed by atoms with Crippen molar-refractivity contribution >= 4 is 16.8 Å². The quantitative estimate of drug-likeness (QED) is 0.636. The first-order valence-corrected chi connectivity index (χ1v) is 9.38. The average molecular weight is 419 g/mol. The van der Waals surface area contributed by atoms with Gasteiger partial charge in [0, 0.05) is 30.3 Å². The zero-order chi connectivity index (χ0) is 21.5. The second kappa shape index (κ2) is 7.55. The van der Waals surface area contributed by atoms with E-state index in [1.807, 2.05) is 0 Å². The number of halogens is 4. The molecule has 2 aromatic heterocycles. The highest BCUT2D eigenvalue weighted by Gasteiger charge is 2.33. The molecule has 5 nitrogen and oxygen atoms in total. The van der Waals surface area contributed by atoms with E-state index in [4.69, 9.17) is 0 Å². The Bertz CT molecular complexity index is 1160. The zero-order valence-corrected chi connectivity index (χ0v) is 15.7. The van der Waals surface area contributed by atoms with Gasteiger partial charge in [0.05, 0.1) is 10.9 Å². The largest absolute Gasteiger partial charge is 0.433 e. The Hall–Kier alpha value is -3.23. The van der Waals surface area contributed by atoms with Gasteiger partial charge in [0.2, 0.25) is 0 Å². The molecule has 0 bridgehead atoms. The van der Waals surface area contributed by atoms with E-state index < -0.39 is 23.2 Å². The zero-order valence-electron chi connectivity index (χ0n) is 15.7. The molecule has 0 spiro atoms. The van der Waals surface area contributed by atoms with Crippen LogP contribution in [0.5, 0.6) is 0 Å². The Morgan fingerprint density at radius 3 is 2.57 bits per heavy atom. The van der Waals surface area contributed by atoms with Gasteiger partial charge in [-0.05, 0) is 55.3 Å². The van der Waals surface area contributed by atoms with Gasteiger partial charge >= 0.3 is 6.18 Å². The molecular formula is C21H17F4N3O2. The van der Waals surface area contributed by atoms with Crippen molar-refractivity contribution < 1.29 is 22.4 Å². The fraction of sp³-hybridized carbons (Fsp3) is 0.286. The van der Waals surface area contributed by atoms with E-state index in [0.717, 1.165) is 12.1 Å². The van der Waals surface area contributed by atoms with Crippen LogP contribution in [0, 0.1) is 5.82 Å². The molecule has 0 aliphatic carbocycles. The van der Waals surface area contributed by atoms with Crippen LogP contribution in [-0.4, -0.2) is 33.9 Å². The number of fused-ring (bicyclic) bond motifs is 1. The first-order valence-electron chi connectivity index (χ1n) is 9.38. The number of rotatable bonds is 2. The van der Waals surface area contributed by atoms with E-state index in [9.17, 15) is 27.2 Å². The number of nitrogens with one attached hydrogen (secondary N) is 1. The predicted octanol–water partition coefficient (Wildman–Crippen LogP) is 4.10. The van der Waals surface area contributed by atoms with Gasteiger partial charge in [0.1, 0.15) is 11.5 Å². The van der Waals surface area contributed by atoms with Crippen molar-refractivity contribution in [3.05, 3.63) is 75.6 Å². The summed E-state index contributed by atoms with van der Waals surface area (Å²) in [5.74, 6) is -0.959. The lowest BCUT2D eigenvalue weighted by molar-refractivity contribution is -0.140. The fourth-order valence-electron chi connectivity index (χ4n) is 3.73. The minimum absolute atomic E-state index is 0.0365. The highest BCUT2D eigenvalue weighted by Crippen LogP contribution is 2.30. The second-order valence-electron chi connectivity index (χ2n) is 7.28. The number of H-pyrrole nitrogens is 1. The normalized spacial score (nSPS) is 17.3. The third kappa shape index (κ3) is 3.92. The number of aromatic amines is 1. The van der Waals surface area contributed by atoms with Gasteiger partial charge in [0.25, 0.3) is 11.5 Å². The van der Waals surface area contributed by atoms with Gasteiger partial charge in [-0.3, -0.25) is 9.59 Å². The molecule has 0 radical (unpaired) electrons. The minimum Gasteiger partial charge on any atom is -0.338 e. The molecular weight excluding hydrogens is 402 g/mol. The lowest BCUT2D eigenvalue weighted by Crippen LogP contribution is -2.39. The van der Waals surface area contributed by atoms with E-state index in [-0.39, 0.29) is 29.3 Å². The average Bonchev–Trinajstić information content (AvgIpc) is 2.73. The summed E-state index contributed by atoms with van der Waals surface area (Å²) in [5, 5.41) is 0.0711. The van der Waals surface area contributed by atoms with Crippen LogP contribution in [0.2, 0.25) is 0 Å². The van der Waals surface area contributed by atoms with E-state index in [0.29, 0.717) is 30.6 Å². The predicted molar refractivity (Wildman–Crippen MR) is 102 cm³/mol. The van der Waals surface area contributed by atoms with Gasteiger partial charge in [-0.15, -0.1) is 0 Å². The van der Waals surface area contributed by atoms with Crippen molar-refractivity contribution in [2.24, 2.45) is 0 Å². The molecule has 9 heteroatoms. The summed E-state index contributed by atoms with van der Waals surface area (Å²) in [6.07, 6.45) is -3.29. The minimum atomic E-state index is -4.61. The fourth-order valence-corrected chi connectivity index (χ4v) is 3.73.